The fourth-order valence-corrected chi connectivity index (χ4v) is 5.34. The summed E-state index contributed by atoms with van der Waals surface area (Å²) in [6.45, 7) is 2.11. The minimum Gasteiger partial charge on any atom is -0.508 e. The topological polar surface area (TPSA) is 57.5 Å². The number of ketones is 1. The molecule has 5 atom stereocenters. The number of aliphatic hydroxyl groups excluding tert-OH is 1. The first kappa shape index (κ1) is 13.3. The molecule has 2 N–H and O–H groups in total. The highest BCUT2D eigenvalue weighted by molar-refractivity contribution is 5.86. The van der Waals surface area contributed by atoms with Gasteiger partial charge in [-0.25, -0.2) is 0 Å². The Morgan fingerprint density at radius 1 is 1.29 bits per heavy atom. The number of aromatic hydroxyl groups is 1. The molecule has 1 aromatic carbocycles. The van der Waals surface area contributed by atoms with Crippen LogP contribution in [-0.2, 0) is 11.2 Å². The number of phenols is 1. The van der Waals surface area contributed by atoms with Gasteiger partial charge >= 0.3 is 0 Å². The van der Waals surface area contributed by atoms with Crippen molar-refractivity contribution in [2.75, 3.05) is 0 Å². The lowest BCUT2D eigenvalue weighted by molar-refractivity contribution is -0.128. The molecule has 4 rings (SSSR count). The molecule has 1 aromatic rings. The van der Waals surface area contributed by atoms with Crippen molar-refractivity contribution in [1.82, 2.24) is 0 Å². The lowest BCUT2D eigenvalue weighted by atomic mass is 9.55. The molecule has 0 aliphatic heterocycles. The van der Waals surface area contributed by atoms with Gasteiger partial charge in [-0.1, -0.05) is 13.0 Å². The highest BCUT2D eigenvalue weighted by Crippen LogP contribution is 2.60. The molecule has 0 spiro atoms. The first-order valence-electron chi connectivity index (χ1n) is 8.03. The number of carbonyl (C=O) groups is 1. The van der Waals surface area contributed by atoms with Crippen molar-refractivity contribution in [1.29, 1.82) is 0 Å². The Morgan fingerprint density at radius 2 is 2.10 bits per heavy atom. The van der Waals surface area contributed by atoms with Gasteiger partial charge in [-0.05, 0) is 66.7 Å². The number of hydrogen-bond acceptors (Lipinski definition) is 3. The molecule has 0 heterocycles. The highest BCUT2D eigenvalue weighted by atomic mass is 16.3. The summed E-state index contributed by atoms with van der Waals surface area (Å²) in [5, 5.41) is 20.0. The average Bonchev–Trinajstić information content (AvgIpc) is 2.70. The Bertz CT molecular complexity index is 608. The van der Waals surface area contributed by atoms with E-state index in [0.717, 1.165) is 25.7 Å². The van der Waals surface area contributed by atoms with E-state index in [2.05, 4.69) is 13.0 Å². The molecule has 3 heteroatoms. The molecule has 21 heavy (non-hydrogen) atoms. The second-order valence-corrected chi connectivity index (χ2v) is 7.42. The Kier molecular flexibility index (Phi) is 2.74. The number of aliphatic hydroxyl groups is 1. The molecule has 2 fully saturated rings. The minimum atomic E-state index is -0.760. The van der Waals surface area contributed by atoms with Gasteiger partial charge in [-0.3, -0.25) is 4.79 Å². The highest BCUT2D eigenvalue weighted by Gasteiger charge is 2.57. The van der Waals surface area contributed by atoms with Crippen LogP contribution in [0, 0.1) is 17.3 Å². The molecule has 0 bridgehead atoms. The summed E-state index contributed by atoms with van der Waals surface area (Å²) in [6, 6.07) is 5.75. The van der Waals surface area contributed by atoms with Gasteiger partial charge in [-0.15, -0.1) is 0 Å². The van der Waals surface area contributed by atoms with Crippen LogP contribution in [0.5, 0.6) is 5.75 Å². The number of fused-ring (bicyclic) bond motifs is 5. The first-order valence-corrected chi connectivity index (χ1v) is 8.03. The number of Topliss-reactive ketones (excluding diaryl/α,β-unsaturated/α-hetero) is 1. The number of carbonyl (C=O) groups excluding carboxylic acids is 1. The molecule has 0 saturated heterocycles. The van der Waals surface area contributed by atoms with E-state index in [1.807, 2.05) is 6.07 Å². The van der Waals surface area contributed by atoms with E-state index in [1.165, 1.54) is 11.1 Å². The van der Waals surface area contributed by atoms with Gasteiger partial charge in [0.25, 0.3) is 0 Å². The summed E-state index contributed by atoms with van der Waals surface area (Å²) in [4.78, 5) is 12.0. The molecule has 0 unspecified atom stereocenters. The van der Waals surface area contributed by atoms with E-state index in [-0.39, 0.29) is 11.2 Å². The van der Waals surface area contributed by atoms with Crippen LogP contribution in [-0.4, -0.2) is 22.1 Å². The fraction of sp³-hybridized carbons (Fsp3) is 0.611. The molecule has 3 nitrogen and oxygen atoms in total. The number of hydrogen-bond donors (Lipinski definition) is 2. The van der Waals surface area contributed by atoms with Crippen LogP contribution in [0.25, 0.3) is 0 Å². The van der Waals surface area contributed by atoms with Crippen molar-refractivity contribution in [3.8, 4) is 5.75 Å². The standard InChI is InChI=1S/C18H22O3/c1-18-7-6-13-12-5-3-11(19)8-10(12)2-4-14(13)15(18)9-16(20)17(18)21/h3,5,8,13-15,17,19,21H,2,4,6-7,9H2,1H3/t13-,14-,15-,17-,18-/m0/s1. The van der Waals surface area contributed by atoms with Gasteiger partial charge < -0.3 is 10.2 Å². The first-order chi connectivity index (χ1) is 10.0. The van der Waals surface area contributed by atoms with Gasteiger partial charge in [0.1, 0.15) is 11.9 Å². The van der Waals surface area contributed by atoms with Crippen LogP contribution >= 0.6 is 0 Å². The Hall–Kier alpha value is -1.35. The summed E-state index contributed by atoms with van der Waals surface area (Å²) in [5.41, 5.74) is 2.41. The lowest BCUT2D eigenvalue weighted by Gasteiger charge is -2.49. The predicted octanol–water partition coefficient (Wildman–Crippen LogP) is 2.79. The number of benzene rings is 1. The van der Waals surface area contributed by atoms with Crippen molar-refractivity contribution in [3.05, 3.63) is 29.3 Å². The normalized spacial score (nSPS) is 41.3. The predicted molar refractivity (Wildman–Crippen MR) is 79.1 cm³/mol. The molecule has 3 aliphatic carbocycles. The van der Waals surface area contributed by atoms with Gasteiger partial charge in [0.05, 0.1) is 0 Å². The van der Waals surface area contributed by atoms with Crippen LogP contribution in [0.3, 0.4) is 0 Å². The van der Waals surface area contributed by atoms with E-state index in [0.29, 0.717) is 29.9 Å². The van der Waals surface area contributed by atoms with Crippen molar-refractivity contribution in [2.45, 2.75) is 51.0 Å². The SMILES string of the molecule is C[C@]12CC[C@H]3c4ccc(O)cc4CC[C@@H]3[C@@H]1CC(=O)[C@@H]2O. The zero-order chi connectivity index (χ0) is 14.8. The van der Waals surface area contributed by atoms with E-state index in [9.17, 15) is 15.0 Å². The third-order valence-corrected chi connectivity index (χ3v) is 6.50. The number of rotatable bonds is 0. The average molecular weight is 286 g/mol. The minimum absolute atomic E-state index is 0.0413. The Labute approximate surface area is 125 Å². The van der Waals surface area contributed by atoms with Crippen molar-refractivity contribution < 1.29 is 15.0 Å². The van der Waals surface area contributed by atoms with Gasteiger partial charge in [0, 0.05) is 11.8 Å². The van der Waals surface area contributed by atoms with E-state index in [4.69, 9.17) is 0 Å². The van der Waals surface area contributed by atoms with Gasteiger partial charge in [0.2, 0.25) is 0 Å². The molecule has 2 saturated carbocycles. The van der Waals surface area contributed by atoms with Crippen LogP contribution in [0.1, 0.15) is 49.7 Å². The number of aryl methyl sites for hydroxylation is 1. The molecule has 112 valence electrons. The van der Waals surface area contributed by atoms with Crippen LogP contribution in [0.4, 0.5) is 0 Å². The molecule has 0 aromatic heterocycles. The van der Waals surface area contributed by atoms with E-state index < -0.39 is 6.10 Å². The lowest BCUT2D eigenvalue weighted by Crippen LogP contribution is -2.44. The second kappa shape index (κ2) is 4.33. The van der Waals surface area contributed by atoms with Crippen molar-refractivity contribution >= 4 is 5.78 Å². The van der Waals surface area contributed by atoms with Crippen LogP contribution in [0.15, 0.2) is 18.2 Å². The van der Waals surface area contributed by atoms with E-state index in [1.54, 1.807) is 6.07 Å². The summed E-state index contributed by atoms with van der Waals surface area (Å²) in [5.74, 6) is 1.70. The summed E-state index contributed by atoms with van der Waals surface area (Å²) in [6.07, 6.45) is 3.80. The Morgan fingerprint density at radius 3 is 2.90 bits per heavy atom. The largest absolute Gasteiger partial charge is 0.508 e. The van der Waals surface area contributed by atoms with E-state index >= 15 is 0 Å². The van der Waals surface area contributed by atoms with Gasteiger partial charge in [0.15, 0.2) is 5.78 Å². The molecule has 0 radical (unpaired) electrons. The number of phenolic OH excluding ortho intramolecular Hbond substituents is 1. The van der Waals surface area contributed by atoms with Crippen molar-refractivity contribution in [2.24, 2.45) is 17.3 Å². The summed E-state index contributed by atoms with van der Waals surface area (Å²) in [7, 11) is 0. The third-order valence-electron chi connectivity index (χ3n) is 6.50. The van der Waals surface area contributed by atoms with Gasteiger partial charge in [-0.2, -0.15) is 0 Å². The second-order valence-electron chi connectivity index (χ2n) is 7.42. The van der Waals surface area contributed by atoms with Crippen LogP contribution < -0.4 is 0 Å². The fourth-order valence-electron chi connectivity index (χ4n) is 5.34. The molecule has 3 aliphatic rings. The summed E-state index contributed by atoms with van der Waals surface area (Å²) < 4.78 is 0. The maximum Gasteiger partial charge on any atom is 0.162 e. The van der Waals surface area contributed by atoms with Crippen LogP contribution in [0.2, 0.25) is 0 Å². The monoisotopic (exact) mass is 286 g/mol. The zero-order valence-electron chi connectivity index (χ0n) is 12.4. The van der Waals surface area contributed by atoms with Crippen molar-refractivity contribution in [3.63, 3.8) is 0 Å². The summed E-state index contributed by atoms with van der Waals surface area (Å²) >= 11 is 0. The smallest absolute Gasteiger partial charge is 0.162 e. The molecular formula is C18H22O3. The Balaban J connectivity index is 1.73. The maximum atomic E-state index is 12.0. The maximum absolute atomic E-state index is 12.0. The zero-order valence-corrected chi connectivity index (χ0v) is 12.4. The quantitative estimate of drug-likeness (QED) is 0.771. The third kappa shape index (κ3) is 1.73. The molecular weight excluding hydrogens is 264 g/mol. The molecule has 0 amide bonds.